The molecule has 4 aromatic rings. The molecule has 0 radical (unpaired) electrons. The first kappa shape index (κ1) is 22.8. The summed E-state index contributed by atoms with van der Waals surface area (Å²) in [7, 11) is 0. The van der Waals surface area contributed by atoms with Gasteiger partial charge in [0.05, 0.1) is 6.20 Å². The zero-order valence-electron chi connectivity index (χ0n) is 18.8. The van der Waals surface area contributed by atoms with E-state index in [0.717, 1.165) is 5.56 Å². The van der Waals surface area contributed by atoms with Crippen molar-refractivity contribution < 1.29 is 14.0 Å². The fourth-order valence-corrected chi connectivity index (χ4v) is 3.44. The maximum Gasteiger partial charge on any atom is 0.319 e. The smallest absolute Gasteiger partial charge is 0.319 e. The van der Waals surface area contributed by atoms with E-state index in [-0.39, 0.29) is 30.2 Å². The van der Waals surface area contributed by atoms with Crippen LogP contribution in [0.15, 0.2) is 79.3 Å². The second-order valence-electron chi connectivity index (χ2n) is 7.97. The highest BCUT2D eigenvalue weighted by molar-refractivity contribution is 5.97. The van der Waals surface area contributed by atoms with Gasteiger partial charge in [-0.25, -0.2) is 13.9 Å². The third-order valence-electron chi connectivity index (χ3n) is 5.00. The highest BCUT2D eigenvalue weighted by Gasteiger charge is 2.21. The van der Waals surface area contributed by atoms with Crippen molar-refractivity contribution in [2.75, 3.05) is 5.32 Å². The molecule has 0 saturated carbocycles. The summed E-state index contributed by atoms with van der Waals surface area (Å²) >= 11 is 0. The number of hydrogen-bond donors (Lipinski definition) is 3. The molecule has 2 aromatic carbocycles. The van der Waals surface area contributed by atoms with Gasteiger partial charge in [0.1, 0.15) is 17.1 Å². The molecule has 34 heavy (non-hydrogen) atoms. The first-order chi connectivity index (χ1) is 16.4. The molecular weight excluding hydrogens is 435 g/mol. The minimum Gasteiger partial charge on any atom is -0.348 e. The summed E-state index contributed by atoms with van der Waals surface area (Å²) in [5.74, 6) is -0.352. The lowest BCUT2D eigenvalue weighted by molar-refractivity contribution is 0.0951. The van der Waals surface area contributed by atoms with Crippen LogP contribution >= 0.6 is 0 Å². The Kier molecular flexibility index (Phi) is 6.72. The predicted octanol–water partition coefficient (Wildman–Crippen LogP) is 4.26. The number of halogens is 1. The van der Waals surface area contributed by atoms with Crippen LogP contribution < -0.4 is 16.0 Å². The molecule has 0 aliphatic carbocycles. The highest BCUT2D eigenvalue weighted by Crippen LogP contribution is 2.22. The van der Waals surface area contributed by atoms with Crippen LogP contribution in [0, 0.1) is 5.82 Å². The van der Waals surface area contributed by atoms with E-state index in [9.17, 15) is 14.0 Å². The van der Waals surface area contributed by atoms with Gasteiger partial charge in [0.15, 0.2) is 5.82 Å². The number of anilines is 1. The van der Waals surface area contributed by atoms with Gasteiger partial charge in [0.2, 0.25) is 0 Å². The summed E-state index contributed by atoms with van der Waals surface area (Å²) in [4.78, 5) is 24.9. The Morgan fingerprint density at radius 3 is 2.38 bits per heavy atom. The number of rotatable bonds is 7. The van der Waals surface area contributed by atoms with Crippen LogP contribution in [0.5, 0.6) is 0 Å². The Balaban J connectivity index is 1.50. The Bertz CT molecular complexity index is 1280. The highest BCUT2D eigenvalue weighted by atomic mass is 19.1. The fourth-order valence-electron chi connectivity index (χ4n) is 3.44. The number of benzene rings is 2. The van der Waals surface area contributed by atoms with Crippen molar-refractivity contribution in [2.24, 2.45) is 0 Å². The molecule has 3 N–H and O–H groups in total. The Morgan fingerprint density at radius 2 is 1.71 bits per heavy atom. The van der Waals surface area contributed by atoms with Gasteiger partial charge in [0, 0.05) is 30.7 Å². The lowest BCUT2D eigenvalue weighted by atomic mass is 10.2. The number of para-hydroxylation sites is 1. The lowest BCUT2D eigenvalue weighted by Crippen LogP contribution is -2.34. The molecule has 174 valence electrons. The van der Waals surface area contributed by atoms with Crippen molar-refractivity contribution in [1.82, 2.24) is 25.0 Å². The van der Waals surface area contributed by atoms with Crippen molar-refractivity contribution in [3.63, 3.8) is 0 Å². The standard InChI is InChI=1S/C25H25FN6O2/c1-17(2)29-25(34)30-19-11-9-18(10-12-19)15-27-23(33)20-16-28-32(22-8-4-3-7-21(22)26)24(20)31-13-5-6-14-31/h3-14,16-17H,15H2,1-2H3,(H,27,33)(H2,29,30,34). The molecule has 0 aliphatic rings. The van der Waals surface area contributed by atoms with Gasteiger partial charge in [-0.05, 0) is 55.8 Å². The summed E-state index contributed by atoms with van der Waals surface area (Å²) in [5.41, 5.74) is 2.06. The topological polar surface area (TPSA) is 93.0 Å². The minimum atomic E-state index is -0.443. The normalized spacial score (nSPS) is 10.8. The minimum absolute atomic E-state index is 0.0358. The third kappa shape index (κ3) is 5.15. The molecule has 0 bridgehead atoms. The van der Waals surface area contributed by atoms with Crippen molar-refractivity contribution >= 4 is 17.6 Å². The van der Waals surface area contributed by atoms with Gasteiger partial charge < -0.3 is 20.5 Å². The molecule has 2 aromatic heterocycles. The maximum atomic E-state index is 14.4. The monoisotopic (exact) mass is 460 g/mol. The molecular formula is C25H25FN6O2. The summed E-state index contributed by atoms with van der Waals surface area (Å²) in [6.45, 7) is 4.04. The number of aromatic nitrogens is 3. The molecule has 8 nitrogen and oxygen atoms in total. The van der Waals surface area contributed by atoms with Crippen LogP contribution in [0.4, 0.5) is 14.9 Å². The Labute approximate surface area is 196 Å². The Hall–Kier alpha value is -4.40. The fraction of sp³-hybridized carbons (Fsp3) is 0.160. The number of amides is 3. The second kappa shape index (κ2) is 10.0. The largest absolute Gasteiger partial charge is 0.348 e. The van der Waals surface area contributed by atoms with Crippen molar-refractivity contribution in [3.8, 4) is 11.5 Å². The quantitative estimate of drug-likeness (QED) is 0.385. The van der Waals surface area contributed by atoms with Crippen LogP contribution in [0.1, 0.15) is 29.8 Å². The molecule has 4 rings (SSSR count). The molecule has 0 saturated heterocycles. The van der Waals surface area contributed by atoms with E-state index in [0.29, 0.717) is 17.1 Å². The second-order valence-corrected chi connectivity index (χ2v) is 7.97. The molecule has 0 atom stereocenters. The zero-order chi connectivity index (χ0) is 24.1. The maximum absolute atomic E-state index is 14.4. The van der Waals surface area contributed by atoms with Crippen LogP contribution in [-0.2, 0) is 6.54 Å². The van der Waals surface area contributed by atoms with E-state index < -0.39 is 5.82 Å². The van der Waals surface area contributed by atoms with Crippen molar-refractivity contribution in [2.45, 2.75) is 26.4 Å². The first-order valence-electron chi connectivity index (χ1n) is 10.8. The van der Waals surface area contributed by atoms with Crippen molar-refractivity contribution in [3.05, 3.63) is 96.2 Å². The van der Waals surface area contributed by atoms with E-state index in [2.05, 4.69) is 21.0 Å². The van der Waals surface area contributed by atoms with Crippen LogP contribution in [0.25, 0.3) is 11.5 Å². The van der Waals surface area contributed by atoms with Crippen LogP contribution in [-0.4, -0.2) is 32.3 Å². The predicted molar refractivity (Wildman–Crippen MR) is 128 cm³/mol. The molecule has 0 spiro atoms. The molecule has 3 amide bonds. The zero-order valence-corrected chi connectivity index (χ0v) is 18.8. The first-order valence-corrected chi connectivity index (χ1v) is 10.8. The van der Waals surface area contributed by atoms with Crippen molar-refractivity contribution in [1.29, 1.82) is 0 Å². The van der Waals surface area contributed by atoms with Crippen LogP contribution in [0.3, 0.4) is 0 Å². The number of carbonyl (C=O) groups is 2. The Morgan fingerprint density at radius 1 is 1.00 bits per heavy atom. The van der Waals surface area contributed by atoms with Gasteiger partial charge in [-0.15, -0.1) is 0 Å². The SMILES string of the molecule is CC(C)NC(=O)Nc1ccc(CNC(=O)c2cnn(-c3ccccc3F)c2-n2cccc2)cc1. The average Bonchev–Trinajstić information content (AvgIpc) is 3.48. The van der Waals surface area contributed by atoms with Crippen LogP contribution in [0.2, 0.25) is 0 Å². The molecule has 0 unspecified atom stereocenters. The number of hydrogen-bond acceptors (Lipinski definition) is 3. The van der Waals surface area contributed by atoms with Gasteiger partial charge in [-0.2, -0.15) is 5.10 Å². The summed E-state index contributed by atoms with van der Waals surface area (Å²) in [5, 5.41) is 12.7. The number of nitrogens with one attached hydrogen (secondary N) is 3. The average molecular weight is 461 g/mol. The van der Waals surface area contributed by atoms with E-state index in [1.165, 1.54) is 16.9 Å². The van der Waals surface area contributed by atoms with E-state index in [1.54, 1.807) is 47.3 Å². The number of nitrogens with zero attached hydrogens (tertiary/aromatic N) is 3. The number of carbonyl (C=O) groups excluding carboxylic acids is 2. The molecule has 0 fully saturated rings. The van der Waals surface area contributed by atoms with Gasteiger partial charge >= 0.3 is 6.03 Å². The number of urea groups is 1. The van der Waals surface area contributed by atoms with E-state index in [1.807, 2.05) is 38.1 Å². The van der Waals surface area contributed by atoms with E-state index in [4.69, 9.17) is 0 Å². The molecule has 2 heterocycles. The molecule has 0 aliphatic heterocycles. The van der Waals surface area contributed by atoms with E-state index >= 15 is 0 Å². The van der Waals surface area contributed by atoms with Gasteiger partial charge in [-0.3, -0.25) is 4.79 Å². The summed E-state index contributed by atoms with van der Waals surface area (Å²) in [6.07, 6.45) is 4.97. The van der Waals surface area contributed by atoms with Gasteiger partial charge in [0.25, 0.3) is 5.91 Å². The lowest BCUT2D eigenvalue weighted by Gasteiger charge is -2.12. The van der Waals surface area contributed by atoms with Gasteiger partial charge in [-0.1, -0.05) is 24.3 Å². The third-order valence-corrected chi connectivity index (χ3v) is 5.00. The molecule has 9 heteroatoms. The summed E-state index contributed by atoms with van der Waals surface area (Å²) < 4.78 is 17.6. The summed E-state index contributed by atoms with van der Waals surface area (Å²) in [6, 6.07) is 16.8.